The fourth-order valence-corrected chi connectivity index (χ4v) is 2.45. The van der Waals surface area contributed by atoms with Crippen molar-refractivity contribution in [3.63, 3.8) is 0 Å². The van der Waals surface area contributed by atoms with Gasteiger partial charge >= 0.3 is 5.97 Å². The summed E-state index contributed by atoms with van der Waals surface area (Å²) < 4.78 is 5.85. The highest BCUT2D eigenvalue weighted by atomic mass is 79.9. The number of allylic oxidation sites excluding steroid dienone is 2. The number of esters is 1. The molecule has 1 aromatic carbocycles. The summed E-state index contributed by atoms with van der Waals surface area (Å²) in [4.78, 5) is 23.2. The Morgan fingerprint density at radius 3 is 2.95 bits per heavy atom. The molecule has 0 saturated carbocycles. The lowest BCUT2D eigenvalue weighted by Gasteiger charge is -2.09. The van der Waals surface area contributed by atoms with Gasteiger partial charge in [-0.25, -0.2) is 0 Å². The quantitative estimate of drug-likeness (QED) is 0.662. The molecule has 1 aliphatic carbocycles. The SMILES string of the molecule is O=C(COC(=O)C[C@@H]1C=CCC1)Nc1cccc(Br)c1. The number of rotatable bonds is 5. The molecule has 0 saturated heterocycles. The Labute approximate surface area is 126 Å². The fourth-order valence-electron chi connectivity index (χ4n) is 2.05. The van der Waals surface area contributed by atoms with Gasteiger partial charge in [-0.05, 0) is 37.0 Å². The van der Waals surface area contributed by atoms with E-state index in [0.717, 1.165) is 17.3 Å². The Balaban J connectivity index is 1.71. The van der Waals surface area contributed by atoms with Crippen LogP contribution in [0.1, 0.15) is 19.3 Å². The highest BCUT2D eigenvalue weighted by molar-refractivity contribution is 9.10. The van der Waals surface area contributed by atoms with Crippen LogP contribution in [0.5, 0.6) is 0 Å². The molecule has 0 bridgehead atoms. The first kappa shape index (κ1) is 14.8. The summed E-state index contributed by atoms with van der Waals surface area (Å²) in [6, 6.07) is 7.24. The molecular formula is C15H16BrNO3. The van der Waals surface area contributed by atoms with Gasteiger partial charge in [0.05, 0.1) is 6.42 Å². The van der Waals surface area contributed by atoms with Crippen molar-refractivity contribution in [2.75, 3.05) is 11.9 Å². The molecule has 4 nitrogen and oxygen atoms in total. The van der Waals surface area contributed by atoms with Crippen molar-refractivity contribution >= 4 is 33.5 Å². The smallest absolute Gasteiger partial charge is 0.306 e. The van der Waals surface area contributed by atoms with E-state index in [9.17, 15) is 9.59 Å². The first-order valence-corrected chi connectivity index (χ1v) is 7.30. The number of hydrogen-bond donors (Lipinski definition) is 1. The summed E-state index contributed by atoms with van der Waals surface area (Å²) in [7, 11) is 0. The van der Waals surface area contributed by atoms with Crippen molar-refractivity contribution in [2.24, 2.45) is 5.92 Å². The van der Waals surface area contributed by atoms with Gasteiger partial charge in [0, 0.05) is 10.2 Å². The number of halogens is 1. The zero-order chi connectivity index (χ0) is 14.4. The second-order valence-electron chi connectivity index (χ2n) is 4.69. The lowest BCUT2D eigenvalue weighted by atomic mass is 10.1. The largest absolute Gasteiger partial charge is 0.456 e. The van der Waals surface area contributed by atoms with Crippen LogP contribution in [0.15, 0.2) is 40.9 Å². The van der Waals surface area contributed by atoms with Crippen LogP contribution in [0.2, 0.25) is 0 Å². The van der Waals surface area contributed by atoms with E-state index in [-0.39, 0.29) is 24.4 Å². The summed E-state index contributed by atoms with van der Waals surface area (Å²) >= 11 is 3.32. The number of anilines is 1. The van der Waals surface area contributed by atoms with Crippen molar-refractivity contribution in [3.8, 4) is 0 Å². The van der Waals surface area contributed by atoms with Crippen LogP contribution >= 0.6 is 15.9 Å². The highest BCUT2D eigenvalue weighted by Crippen LogP contribution is 2.20. The predicted octanol–water partition coefficient (Wildman–Crippen LogP) is 3.29. The molecule has 0 spiro atoms. The number of ether oxygens (including phenoxy) is 1. The van der Waals surface area contributed by atoms with E-state index in [1.54, 1.807) is 12.1 Å². The van der Waals surface area contributed by atoms with Gasteiger partial charge in [0.15, 0.2) is 6.61 Å². The monoisotopic (exact) mass is 337 g/mol. The van der Waals surface area contributed by atoms with Gasteiger partial charge in [-0.15, -0.1) is 0 Å². The minimum atomic E-state index is -0.335. The van der Waals surface area contributed by atoms with Crippen LogP contribution in [0.4, 0.5) is 5.69 Å². The minimum Gasteiger partial charge on any atom is -0.456 e. The second-order valence-corrected chi connectivity index (χ2v) is 5.60. The Morgan fingerprint density at radius 1 is 1.40 bits per heavy atom. The molecule has 1 atom stereocenters. The first-order valence-electron chi connectivity index (χ1n) is 6.51. The average Bonchev–Trinajstić information content (AvgIpc) is 2.89. The molecule has 0 aliphatic heterocycles. The topological polar surface area (TPSA) is 55.4 Å². The van der Waals surface area contributed by atoms with Crippen LogP contribution in [-0.4, -0.2) is 18.5 Å². The summed E-state index contributed by atoms with van der Waals surface area (Å²) in [6.07, 6.45) is 6.45. The van der Waals surface area contributed by atoms with E-state index in [2.05, 4.69) is 27.3 Å². The van der Waals surface area contributed by atoms with Crippen LogP contribution in [-0.2, 0) is 14.3 Å². The second kappa shape index (κ2) is 7.24. The van der Waals surface area contributed by atoms with E-state index in [1.807, 2.05) is 18.2 Å². The molecule has 1 amide bonds. The van der Waals surface area contributed by atoms with Crippen molar-refractivity contribution in [1.29, 1.82) is 0 Å². The highest BCUT2D eigenvalue weighted by Gasteiger charge is 2.15. The number of benzene rings is 1. The molecule has 1 N–H and O–H groups in total. The van der Waals surface area contributed by atoms with E-state index < -0.39 is 0 Å². The molecule has 0 unspecified atom stereocenters. The maximum Gasteiger partial charge on any atom is 0.306 e. The number of nitrogens with one attached hydrogen (secondary N) is 1. The minimum absolute atomic E-state index is 0.248. The van der Waals surface area contributed by atoms with E-state index in [4.69, 9.17) is 4.74 Å². The predicted molar refractivity (Wildman–Crippen MR) is 80.2 cm³/mol. The third-order valence-electron chi connectivity index (χ3n) is 3.01. The molecule has 0 aromatic heterocycles. The van der Waals surface area contributed by atoms with E-state index in [0.29, 0.717) is 12.1 Å². The summed E-state index contributed by atoms with van der Waals surface area (Å²) in [5, 5.41) is 2.67. The Hall–Kier alpha value is -1.62. The lowest BCUT2D eigenvalue weighted by molar-refractivity contribution is -0.147. The Bertz CT molecular complexity index is 528. The molecule has 106 valence electrons. The molecular weight excluding hydrogens is 322 g/mol. The first-order chi connectivity index (χ1) is 9.63. The van der Waals surface area contributed by atoms with Gasteiger partial charge in [-0.1, -0.05) is 34.1 Å². The van der Waals surface area contributed by atoms with Crippen LogP contribution in [0.25, 0.3) is 0 Å². The lowest BCUT2D eigenvalue weighted by Crippen LogP contribution is -2.21. The van der Waals surface area contributed by atoms with Crippen molar-refractivity contribution in [3.05, 3.63) is 40.9 Å². The average molecular weight is 338 g/mol. The van der Waals surface area contributed by atoms with Crippen LogP contribution < -0.4 is 5.32 Å². The number of hydrogen-bond acceptors (Lipinski definition) is 3. The van der Waals surface area contributed by atoms with Gasteiger partial charge in [0.2, 0.25) is 0 Å². The number of carbonyl (C=O) groups is 2. The normalized spacial score (nSPS) is 16.9. The van der Waals surface area contributed by atoms with Gasteiger partial charge in [-0.2, -0.15) is 0 Å². The van der Waals surface area contributed by atoms with E-state index >= 15 is 0 Å². The van der Waals surface area contributed by atoms with Gasteiger partial charge < -0.3 is 10.1 Å². The third kappa shape index (κ3) is 4.81. The fraction of sp³-hybridized carbons (Fsp3) is 0.333. The van der Waals surface area contributed by atoms with Crippen molar-refractivity contribution in [1.82, 2.24) is 0 Å². The number of amides is 1. The molecule has 0 heterocycles. The zero-order valence-corrected chi connectivity index (χ0v) is 12.6. The summed E-state index contributed by atoms with van der Waals surface area (Å²) in [5.41, 5.74) is 0.666. The van der Waals surface area contributed by atoms with Crippen LogP contribution in [0.3, 0.4) is 0 Å². The molecule has 20 heavy (non-hydrogen) atoms. The third-order valence-corrected chi connectivity index (χ3v) is 3.51. The van der Waals surface area contributed by atoms with Gasteiger partial charge in [0.25, 0.3) is 5.91 Å². The zero-order valence-electron chi connectivity index (χ0n) is 11.0. The van der Waals surface area contributed by atoms with Gasteiger partial charge in [0.1, 0.15) is 0 Å². The maximum atomic E-state index is 11.6. The molecule has 0 radical (unpaired) electrons. The molecule has 2 rings (SSSR count). The number of carbonyl (C=O) groups excluding carboxylic acids is 2. The summed E-state index contributed by atoms with van der Waals surface area (Å²) in [6.45, 7) is -0.248. The molecule has 1 aliphatic rings. The van der Waals surface area contributed by atoms with Gasteiger partial charge in [-0.3, -0.25) is 9.59 Å². The standard InChI is InChI=1S/C15H16BrNO3/c16-12-6-3-7-13(9-12)17-14(18)10-20-15(19)8-11-4-1-2-5-11/h1,3-4,6-7,9,11H,2,5,8,10H2,(H,17,18)/t11-/m1/s1. The molecule has 0 fully saturated rings. The Kier molecular flexibility index (Phi) is 5.35. The van der Waals surface area contributed by atoms with Crippen LogP contribution in [0, 0.1) is 5.92 Å². The summed E-state index contributed by atoms with van der Waals surface area (Å²) in [5.74, 6) is -0.403. The molecule has 1 aromatic rings. The maximum absolute atomic E-state index is 11.6. The molecule has 5 heteroatoms. The van der Waals surface area contributed by atoms with Crippen molar-refractivity contribution < 1.29 is 14.3 Å². The van der Waals surface area contributed by atoms with Crippen molar-refractivity contribution in [2.45, 2.75) is 19.3 Å². The Morgan fingerprint density at radius 2 is 2.25 bits per heavy atom. The van der Waals surface area contributed by atoms with E-state index in [1.165, 1.54) is 0 Å².